The number of aryl methyl sites for hydroxylation is 1. The molecule has 0 saturated carbocycles. The predicted octanol–water partition coefficient (Wildman–Crippen LogP) is 1.59. The SMILES string of the molecule is CCOC(=O)c1oc(C)nc1CS. The molecule has 1 aromatic rings. The zero-order chi connectivity index (χ0) is 9.84. The molecule has 13 heavy (non-hydrogen) atoms. The minimum atomic E-state index is -0.479. The molecule has 1 aromatic heterocycles. The summed E-state index contributed by atoms with van der Waals surface area (Å²) in [5, 5.41) is 0. The molecular weight excluding hydrogens is 190 g/mol. The molecule has 0 atom stereocenters. The monoisotopic (exact) mass is 201 g/mol. The summed E-state index contributed by atoms with van der Waals surface area (Å²) >= 11 is 4.03. The van der Waals surface area contributed by atoms with Gasteiger partial charge in [-0.05, 0) is 6.92 Å². The Kier molecular flexibility index (Phi) is 3.36. The summed E-state index contributed by atoms with van der Waals surface area (Å²) < 4.78 is 9.86. The molecule has 0 fully saturated rings. The molecule has 0 aliphatic heterocycles. The number of hydrogen-bond acceptors (Lipinski definition) is 5. The summed E-state index contributed by atoms with van der Waals surface area (Å²) in [7, 11) is 0. The first kappa shape index (κ1) is 10.1. The van der Waals surface area contributed by atoms with Crippen molar-refractivity contribution in [1.29, 1.82) is 0 Å². The second-order valence-corrected chi connectivity index (χ2v) is 2.70. The van der Waals surface area contributed by atoms with Crippen LogP contribution in [0.3, 0.4) is 0 Å². The molecule has 0 amide bonds. The maximum atomic E-state index is 11.2. The fourth-order valence-electron chi connectivity index (χ4n) is 0.934. The molecule has 0 aliphatic carbocycles. The number of nitrogens with zero attached hydrogens (tertiary/aromatic N) is 1. The van der Waals surface area contributed by atoms with Crippen LogP contribution in [0.1, 0.15) is 29.1 Å². The molecule has 0 radical (unpaired) electrons. The summed E-state index contributed by atoms with van der Waals surface area (Å²) in [5.74, 6) is 0.500. The molecule has 0 bridgehead atoms. The van der Waals surface area contributed by atoms with Crippen LogP contribution < -0.4 is 0 Å². The van der Waals surface area contributed by atoms with Crippen molar-refractivity contribution in [2.75, 3.05) is 6.61 Å². The van der Waals surface area contributed by atoms with Crippen molar-refractivity contribution < 1.29 is 13.9 Å². The van der Waals surface area contributed by atoms with Crippen LogP contribution >= 0.6 is 12.6 Å². The van der Waals surface area contributed by atoms with Crippen molar-refractivity contribution in [3.63, 3.8) is 0 Å². The zero-order valence-corrected chi connectivity index (χ0v) is 8.43. The van der Waals surface area contributed by atoms with Gasteiger partial charge in [-0.3, -0.25) is 0 Å². The molecule has 0 aliphatic rings. The van der Waals surface area contributed by atoms with Crippen LogP contribution in [0.4, 0.5) is 0 Å². The van der Waals surface area contributed by atoms with Crippen LogP contribution in [0.2, 0.25) is 0 Å². The predicted molar refractivity (Wildman–Crippen MR) is 49.9 cm³/mol. The quantitative estimate of drug-likeness (QED) is 0.596. The van der Waals surface area contributed by atoms with Crippen molar-refractivity contribution in [3.05, 3.63) is 17.3 Å². The van der Waals surface area contributed by atoms with Gasteiger partial charge in [0.2, 0.25) is 5.76 Å². The lowest BCUT2D eigenvalue weighted by molar-refractivity contribution is 0.0487. The van der Waals surface area contributed by atoms with E-state index < -0.39 is 5.97 Å². The highest BCUT2D eigenvalue weighted by Gasteiger charge is 2.18. The molecule has 0 N–H and O–H groups in total. The first-order valence-electron chi connectivity index (χ1n) is 3.93. The van der Waals surface area contributed by atoms with Crippen molar-refractivity contribution in [3.8, 4) is 0 Å². The van der Waals surface area contributed by atoms with Gasteiger partial charge in [0.25, 0.3) is 0 Å². The van der Waals surface area contributed by atoms with Crippen LogP contribution in [0.25, 0.3) is 0 Å². The van der Waals surface area contributed by atoms with Gasteiger partial charge >= 0.3 is 5.97 Å². The summed E-state index contributed by atoms with van der Waals surface area (Å²) in [4.78, 5) is 15.2. The summed E-state index contributed by atoms with van der Waals surface area (Å²) in [5.41, 5.74) is 0.527. The van der Waals surface area contributed by atoms with Crippen molar-refractivity contribution in [2.24, 2.45) is 0 Å². The second kappa shape index (κ2) is 4.32. The normalized spacial score (nSPS) is 10.1. The van der Waals surface area contributed by atoms with Gasteiger partial charge in [-0.1, -0.05) is 0 Å². The van der Waals surface area contributed by atoms with Crippen molar-refractivity contribution in [2.45, 2.75) is 19.6 Å². The molecular formula is C8H11NO3S. The highest BCUT2D eigenvalue weighted by molar-refractivity contribution is 7.79. The fraction of sp³-hybridized carbons (Fsp3) is 0.500. The van der Waals surface area contributed by atoms with Crippen molar-refractivity contribution >= 4 is 18.6 Å². The van der Waals surface area contributed by atoms with E-state index in [-0.39, 0.29) is 5.76 Å². The molecule has 0 spiro atoms. The lowest BCUT2D eigenvalue weighted by Gasteiger charge is -1.97. The minimum absolute atomic E-state index is 0.161. The van der Waals surface area contributed by atoms with Gasteiger partial charge in [-0.15, -0.1) is 0 Å². The molecule has 0 saturated heterocycles. The first-order valence-corrected chi connectivity index (χ1v) is 4.56. The number of esters is 1. The minimum Gasteiger partial charge on any atom is -0.460 e. The Bertz CT molecular complexity index is 308. The number of carbonyl (C=O) groups excluding carboxylic acids is 1. The van der Waals surface area contributed by atoms with E-state index >= 15 is 0 Å². The van der Waals surface area contributed by atoms with E-state index in [0.717, 1.165) is 0 Å². The number of rotatable bonds is 3. The van der Waals surface area contributed by atoms with Crippen LogP contribution in [0, 0.1) is 6.92 Å². The van der Waals surface area contributed by atoms with E-state index in [1.165, 1.54) is 0 Å². The Hall–Kier alpha value is -0.970. The zero-order valence-electron chi connectivity index (χ0n) is 7.53. The fourth-order valence-corrected chi connectivity index (χ4v) is 1.15. The Labute approximate surface area is 81.7 Å². The van der Waals surface area contributed by atoms with Gasteiger partial charge < -0.3 is 9.15 Å². The molecule has 1 heterocycles. The van der Waals surface area contributed by atoms with E-state index in [2.05, 4.69) is 17.6 Å². The van der Waals surface area contributed by atoms with Crippen LogP contribution in [0.15, 0.2) is 4.42 Å². The maximum absolute atomic E-state index is 11.2. The Morgan fingerprint density at radius 2 is 2.38 bits per heavy atom. The van der Waals surface area contributed by atoms with Gasteiger partial charge in [0, 0.05) is 12.7 Å². The molecule has 0 unspecified atom stereocenters. The summed E-state index contributed by atoms with van der Waals surface area (Å²) in [6.45, 7) is 3.74. The van der Waals surface area contributed by atoms with E-state index in [1.54, 1.807) is 13.8 Å². The number of carbonyl (C=O) groups is 1. The van der Waals surface area contributed by atoms with Gasteiger partial charge in [-0.2, -0.15) is 12.6 Å². The molecule has 5 heteroatoms. The number of hydrogen-bond donors (Lipinski definition) is 1. The molecule has 0 aromatic carbocycles. The topological polar surface area (TPSA) is 52.3 Å². The average Bonchev–Trinajstić information content (AvgIpc) is 2.47. The van der Waals surface area contributed by atoms with E-state index in [0.29, 0.717) is 23.9 Å². The second-order valence-electron chi connectivity index (χ2n) is 2.39. The van der Waals surface area contributed by atoms with Crippen LogP contribution in [-0.4, -0.2) is 17.6 Å². The van der Waals surface area contributed by atoms with E-state index in [4.69, 9.17) is 9.15 Å². The van der Waals surface area contributed by atoms with Gasteiger partial charge in [0.15, 0.2) is 5.89 Å². The molecule has 4 nitrogen and oxygen atoms in total. The highest BCUT2D eigenvalue weighted by Crippen LogP contribution is 2.13. The third-order valence-electron chi connectivity index (χ3n) is 1.41. The Morgan fingerprint density at radius 3 is 2.92 bits per heavy atom. The van der Waals surface area contributed by atoms with Crippen LogP contribution in [-0.2, 0) is 10.5 Å². The summed E-state index contributed by atoms with van der Waals surface area (Å²) in [6, 6.07) is 0. The average molecular weight is 201 g/mol. The van der Waals surface area contributed by atoms with E-state index in [9.17, 15) is 4.79 Å². The Morgan fingerprint density at radius 1 is 1.69 bits per heavy atom. The largest absolute Gasteiger partial charge is 0.460 e. The molecule has 1 rings (SSSR count). The van der Waals surface area contributed by atoms with Crippen LogP contribution in [0.5, 0.6) is 0 Å². The van der Waals surface area contributed by atoms with E-state index in [1.807, 2.05) is 0 Å². The lowest BCUT2D eigenvalue weighted by atomic mass is 10.4. The third kappa shape index (κ3) is 2.24. The van der Waals surface area contributed by atoms with Gasteiger partial charge in [0.1, 0.15) is 5.69 Å². The van der Waals surface area contributed by atoms with Crippen molar-refractivity contribution in [1.82, 2.24) is 4.98 Å². The number of oxazole rings is 1. The Balaban J connectivity index is 2.91. The molecule has 72 valence electrons. The lowest BCUT2D eigenvalue weighted by Crippen LogP contribution is -2.05. The first-order chi connectivity index (χ1) is 6.19. The standard InChI is InChI=1S/C8H11NO3S/c1-3-11-8(10)7-6(4-13)9-5(2)12-7/h13H,3-4H2,1-2H3. The number of aromatic nitrogens is 1. The smallest absolute Gasteiger partial charge is 0.376 e. The third-order valence-corrected chi connectivity index (χ3v) is 1.71. The summed E-state index contributed by atoms with van der Waals surface area (Å²) in [6.07, 6.45) is 0. The number of thiol groups is 1. The van der Waals surface area contributed by atoms with Gasteiger partial charge in [0.05, 0.1) is 6.61 Å². The van der Waals surface area contributed by atoms with Gasteiger partial charge in [-0.25, -0.2) is 9.78 Å². The maximum Gasteiger partial charge on any atom is 0.376 e. The number of ether oxygens (including phenoxy) is 1. The highest BCUT2D eigenvalue weighted by atomic mass is 32.1.